The first-order valence-corrected chi connectivity index (χ1v) is 7.28. The first-order chi connectivity index (χ1) is 10.2. The van der Waals surface area contributed by atoms with Crippen LogP contribution in [0.1, 0.15) is 28.3 Å². The number of aromatic nitrogens is 1. The van der Waals surface area contributed by atoms with Crippen LogP contribution in [0.5, 0.6) is 0 Å². The number of rotatable bonds is 3. The van der Waals surface area contributed by atoms with Crippen LogP contribution >= 0.6 is 0 Å². The summed E-state index contributed by atoms with van der Waals surface area (Å²) in [5, 5.41) is 4.66. The summed E-state index contributed by atoms with van der Waals surface area (Å²) in [5.41, 5.74) is 6.20. The highest BCUT2D eigenvalue weighted by Gasteiger charge is 2.15. The van der Waals surface area contributed by atoms with Crippen molar-refractivity contribution in [3.63, 3.8) is 0 Å². The molecule has 0 saturated carbocycles. The summed E-state index contributed by atoms with van der Waals surface area (Å²) in [6, 6.07) is 17.3. The zero-order chi connectivity index (χ0) is 14.8. The van der Waals surface area contributed by atoms with Crippen molar-refractivity contribution < 1.29 is 0 Å². The molecule has 0 aliphatic carbocycles. The highest BCUT2D eigenvalue weighted by molar-refractivity contribution is 5.82. The summed E-state index contributed by atoms with van der Waals surface area (Å²) in [7, 11) is 2.01. The molecule has 0 amide bonds. The van der Waals surface area contributed by atoms with Gasteiger partial charge in [-0.05, 0) is 44.2 Å². The molecule has 0 fully saturated rings. The van der Waals surface area contributed by atoms with Crippen LogP contribution in [0.15, 0.2) is 54.7 Å². The van der Waals surface area contributed by atoms with Crippen LogP contribution in [-0.2, 0) is 0 Å². The topological polar surface area (TPSA) is 24.9 Å². The molecule has 2 aromatic carbocycles. The first-order valence-electron chi connectivity index (χ1n) is 7.28. The predicted molar refractivity (Wildman–Crippen MR) is 88.6 cm³/mol. The van der Waals surface area contributed by atoms with Gasteiger partial charge in [0, 0.05) is 11.6 Å². The van der Waals surface area contributed by atoms with Crippen LogP contribution in [-0.4, -0.2) is 12.0 Å². The molecule has 0 saturated heterocycles. The molecule has 0 aliphatic rings. The van der Waals surface area contributed by atoms with Gasteiger partial charge in [-0.3, -0.25) is 4.98 Å². The number of pyridine rings is 1. The third-order valence-corrected chi connectivity index (χ3v) is 3.86. The summed E-state index contributed by atoms with van der Waals surface area (Å²) in [5.74, 6) is 0. The van der Waals surface area contributed by atoms with Crippen molar-refractivity contribution in [3.05, 3.63) is 77.0 Å². The molecule has 1 heterocycles. The van der Waals surface area contributed by atoms with Crippen LogP contribution in [0.3, 0.4) is 0 Å². The molecule has 1 N–H and O–H groups in total. The lowest BCUT2D eigenvalue weighted by atomic mass is 9.93. The van der Waals surface area contributed by atoms with Crippen molar-refractivity contribution in [3.8, 4) is 0 Å². The van der Waals surface area contributed by atoms with Crippen molar-refractivity contribution in [1.29, 1.82) is 0 Å². The normalized spacial score (nSPS) is 12.5. The molecule has 1 unspecified atom stereocenters. The Morgan fingerprint density at radius 3 is 2.38 bits per heavy atom. The molecule has 1 aromatic heterocycles. The number of aryl methyl sites for hydroxylation is 2. The molecule has 0 radical (unpaired) electrons. The first kappa shape index (κ1) is 13.8. The van der Waals surface area contributed by atoms with E-state index in [0.29, 0.717) is 0 Å². The van der Waals surface area contributed by atoms with Gasteiger partial charge in [-0.25, -0.2) is 0 Å². The maximum Gasteiger partial charge on any atom is 0.0705 e. The predicted octanol–water partition coefficient (Wildman–Crippen LogP) is 4.16. The van der Waals surface area contributed by atoms with Crippen molar-refractivity contribution in [2.75, 3.05) is 7.05 Å². The molecule has 0 spiro atoms. The third-order valence-electron chi connectivity index (χ3n) is 3.86. The SMILES string of the molecule is CNC(c1cc(C)cc(C)c1)c1ccnc2ccccc12. The minimum absolute atomic E-state index is 0.177. The van der Waals surface area contributed by atoms with E-state index in [1.165, 1.54) is 27.6 Å². The maximum atomic E-state index is 4.46. The van der Waals surface area contributed by atoms with E-state index < -0.39 is 0 Å². The van der Waals surface area contributed by atoms with Crippen LogP contribution in [0, 0.1) is 13.8 Å². The van der Waals surface area contributed by atoms with Gasteiger partial charge >= 0.3 is 0 Å². The van der Waals surface area contributed by atoms with Gasteiger partial charge in [0.05, 0.1) is 11.6 Å². The molecule has 2 heteroatoms. The highest BCUT2D eigenvalue weighted by Crippen LogP contribution is 2.28. The van der Waals surface area contributed by atoms with E-state index in [-0.39, 0.29) is 6.04 Å². The van der Waals surface area contributed by atoms with Gasteiger partial charge in [0.25, 0.3) is 0 Å². The minimum Gasteiger partial charge on any atom is -0.309 e. The Balaban J connectivity index is 2.18. The Bertz CT molecular complexity index is 752. The number of nitrogens with one attached hydrogen (secondary N) is 1. The van der Waals surface area contributed by atoms with Crippen molar-refractivity contribution in [1.82, 2.24) is 10.3 Å². The van der Waals surface area contributed by atoms with Gasteiger partial charge in [0.1, 0.15) is 0 Å². The van der Waals surface area contributed by atoms with E-state index in [1.54, 1.807) is 0 Å². The Morgan fingerprint density at radius 2 is 1.67 bits per heavy atom. The number of hydrogen-bond donors (Lipinski definition) is 1. The molecule has 21 heavy (non-hydrogen) atoms. The van der Waals surface area contributed by atoms with Gasteiger partial charge in [-0.2, -0.15) is 0 Å². The largest absolute Gasteiger partial charge is 0.309 e. The summed E-state index contributed by atoms with van der Waals surface area (Å²) in [6.07, 6.45) is 1.89. The lowest BCUT2D eigenvalue weighted by Gasteiger charge is -2.20. The lowest BCUT2D eigenvalue weighted by Crippen LogP contribution is -2.18. The van der Waals surface area contributed by atoms with Crippen LogP contribution in [0.25, 0.3) is 10.9 Å². The second-order valence-electron chi connectivity index (χ2n) is 5.56. The average Bonchev–Trinajstić information content (AvgIpc) is 2.47. The monoisotopic (exact) mass is 276 g/mol. The Kier molecular flexibility index (Phi) is 3.72. The Hall–Kier alpha value is -2.19. The molecule has 3 rings (SSSR count). The van der Waals surface area contributed by atoms with E-state index >= 15 is 0 Å². The van der Waals surface area contributed by atoms with Gasteiger partial charge in [0.2, 0.25) is 0 Å². The average molecular weight is 276 g/mol. The lowest BCUT2D eigenvalue weighted by molar-refractivity contribution is 0.695. The fraction of sp³-hybridized carbons (Fsp3) is 0.211. The fourth-order valence-corrected chi connectivity index (χ4v) is 3.05. The molecule has 1 atom stereocenters. The van der Waals surface area contributed by atoms with E-state index in [2.05, 4.69) is 66.6 Å². The molecule has 3 aromatic rings. The van der Waals surface area contributed by atoms with Gasteiger partial charge in [0.15, 0.2) is 0 Å². The van der Waals surface area contributed by atoms with E-state index in [0.717, 1.165) is 5.52 Å². The highest BCUT2D eigenvalue weighted by atomic mass is 14.9. The van der Waals surface area contributed by atoms with Crippen molar-refractivity contribution in [2.45, 2.75) is 19.9 Å². The fourth-order valence-electron chi connectivity index (χ4n) is 3.05. The summed E-state index contributed by atoms with van der Waals surface area (Å²) in [4.78, 5) is 4.46. The summed E-state index contributed by atoms with van der Waals surface area (Å²) in [6.45, 7) is 4.29. The molecule has 106 valence electrons. The second-order valence-corrected chi connectivity index (χ2v) is 5.56. The van der Waals surface area contributed by atoms with Crippen molar-refractivity contribution >= 4 is 10.9 Å². The zero-order valence-electron chi connectivity index (χ0n) is 12.7. The van der Waals surface area contributed by atoms with Gasteiger partial charge in [-0.1, -0.05) is 47.5 Å². The number of hydrogen-bond acceptors (Lipinski definition) is 2. The molecular formula is C19H20N2. The van der Waals surface area contributed by atoms with Crippen LogP contribution < -0.4 is 5.32 Å². The quantitative estimate of drug-likeness (QED) is 0.777. The number of para-hydroxylation sites is 1. The van der Waals surface area contributed by atoms with Gasteiger partial charge < -0.3 is 5.32 Å². The molecular weight excluding hydrogens is 256 g/mol. The van der Waals surface area contributed by atoms with E-state index in [9.17, 15) is 0 Å². The van der Waals surface area contributed by atoms with E-state index in [1.807, 2.05) is 19.3 Å². The Morgan fingerprint density at radius 1 is 0.952 bits per heavy atom. The molecule has 0 bridgehead atoms. The molecule has 2 nitrogen and oxygen atoms in total. The number of benzene rings is 2. The summed E-state index contributed by atoms with van der Waals surface area (Å²) >= 11 is 0. The van der Waals surface area contributed by atoms with Crippen molar-refractivity contribution in [2.24, 2.45) is 0 Å². The van der Waals surface area contributed by atoms with Gasteiger partial charge in [-0.15, -0.1) is 0 Å². The minimum atomic E-state index is 0.177. The number of fused-ring (bicyclic) bond motifs is 1. The summed E-state index contributed by atoms with van der Waals surface area (Å²) < 4.78 is 0. The standard InChI is InChI=1S/C19H20N2/c1-13-10-14(2)12-15(11-13)19(20-3)17-8-9-21-18-7-5-4-6-16(17)18/h4-12,19-20H,1-3H3. The van der Waals surface area contributed by atoms with Crippen LogP contribution in [0.2, 0.25) is 0 Å². The maximum absolute atomic E-state index is 4.46. The van der Waals surface area contributed by atoms with E-state index in [4.69, 9.17) is 0 Å². The van der Waals surface area contributed by atoms with Crippen LogP contribution in [0.4, 0.5) is 0 Å². The second kappa shape index (κ2) is 5.66. The number of nitrogens with zero attached hydrogens (tertiary/aromatic N) is 1. The molecule has 0 aliphatic heterocycles. The zero-order valence-corrected chi connectivity index (χ0v) is 12.7. The third kappa shape index (κ3) is 2.67. The Labute approximate surface area is 125 Å². The smallest absolute Gasteiger partial charge is 0.0705 e.